The van der Waals surface area contributed by atoms with E-state index >= 15 is 0 Å². The van der Waals surface area contributed by atoms with Gasteiger partial charge in [-0.2, -0.15) is 0 Å². The molecule has 1 saturated heterocycles. The van der Waals surface area contributed by atoms with Crippen LogP contribution in [-0.2, 0) is 0 Å². The van der Waals surface area contributed by atoms with E-state index in [9.17, 15) is 0 Å². The second-order valence-corrected chi connectivity index (χ2v) is 5.80. The zero-order valence-corrected chi connectivity index (χ0v) is 11.6. The number of nitrogens with zero attached hydrogens (tertiary/aromatic N) is 1. The first-order valence-electron chi connectivity index (χ1n) is 7.04. The van der Waals surface area contributed by atoms with Crippen LogP contribution in [0.5, 0.6) is 0 Å². The Labute approximate surface area is 102 Å². The number of piperidine rings is 1. The highest BCUT2D eigenvalue weighted by molar-refractivity contribution is 4.95. The second-order valence-electron chi connectivity index (χ2n) is 5.80. The molecule has 0 aliphatic carbocycles. The van der Waals surface area contributed by atoms with Crippen LogP contribution in [0, 0.1) is 5.92 Å². The summed E-state index contributed by atoms with van der Waals surface area (Å²) in [5, 5.41) is 0. The van der Waals surface area contributed by atoms with Gasteiger partial charge in [0.15, 0.2) is 0 Å². The van der Waals surface area contributed by atoms with Gasteiger partial charge in [0.05, 0.1) is 0 Å². The van der Waals surface area contributed by atoms with Gasteiger partial charge in [0.2, 0.25) is 0 Å². The molecule has 0 aromatic rings. The zero-order valence-electron chi connectivity index (χ0n) is 11.6. The fourth-order valence-corrected chi connectivity index (χ4v) is 3.05. The topological polar surface area (TPSA) is 29.3 Å². The first kappa shape index (κ1) is 14.0. The van der Waals surface area contributed by atoms with Crippen molar-refractivity contribution in [1.29, 1.82) is 0 Å². The van der Waals surface area contributed by atoms with Crippen molar-refractivity contribution in [2.24, 2.45) is 11.7 Å². The molecule has 2 N–H and O–H groups in total. The quantitative estimate of drug-likeness (QED) is 0.781. The van der Waals surface area contributed by atoms with E-state index in [-0.39, 0.29) is 5.54 Å². The Morgan fingerprint density at radius 2 is 1.56 bits per heavy atom. The van der Waals surface area contributed by atoms with Crippen molar-refractivity contribution in [2.45, 2.75) is 71.4 Å². The summed E-state index contributed by atoms with van der Waals surface area (Å²) in [6.45, 7) is 11.7. The Hall–Kier alpha value is -0.0800. The van der Waals surface area contributed by atoms with Crippen LogP contribution in [0.25, 0.3) is 0 Å². The van der Waals surface area contributed by atoms with E-state index < -0.39 is 0 Å². The Morgan fingerprint density at radius 1 is 1.06 bits per heavy atom. The minimum Gasteiger partial charge on any atom is -0.326 e. The first-order valence-corrected chi connectivity index (χ1v) is 7.04. The minimum absolute atomic E-state index is 0.164. The first-order chi connectivity index (χ1) is 7.54. The van der Waals surface area contributed by atoms with Gasteiger partial charge in [-0.3, -0.25) is 4.90 Å². The summed E-state index contributed by atoms with van der Waals surface area (Å²) in [6.07, 6.45) is 6.49. The molecular weight excluding hydrogens is 196 g/mol. The molecule has 0 aromatic carbocycles. The molecule has 0 radical (unpaired) electrons. The van der Waals surface area contributed by atoms with Gasteiger partial charge in [0.25, 0.3) is 0 Å². The summed E-state index contributed by atoms with van der Waals surface area (Å²) in [6, 6.07) is 0.306. The second kappa shape index (κ2) is 6.02. The van der Waals surface area contributed by atoms with E-state index in [2.05, 4.69) is 32.6 Å². The van der Waals surface area contributed by atoms with Crippen LogP contribution in [-0.4, -0.2) is 29.6 Å². The lowest BCUT2D eigenvalue weighted by molar-refractivity contribution is 0.0528. The van der Waals surface area contributed by atoms with Crippen molar-refractivity contribution < 1.29 is 0 Å². The summed E-state index contributed by atoms with van der Waals surface area (Å²) >= 11 is 0. The summed E-state index contributed by atoms with van der Waals surface area (Å²) < 4.78 is 0. The van der Waals surface area contributed by atoms with Crippen molar-refractivity contribution in [3.63, 3.8) is 0 Å². The van der Waals surface area contributed by atoms with Crippen LogP contribution in [0.1, 0.15) is 59.8 Å². The number of nitrogens with two attached hydrogens (primary N) is 1. The van der Waals surface area contributed by atoms with Crippen LogP contribution in [0.4, 0.5) is 0 Å². The Morgan fingerprint density at radius 3 is 2.00 bits per heavy atom. The smallest absolute Gasteiger partial charge is 0.0306 e. The van der Waals surface area contributed by atoms with Crippen LogP contribution >= 0.6 is 0 Å². The highest BCUT2D eigenvalue weighted by Crippen LogP contribution is 2.28. The molecule has 1 unspecified atom stereocenters. The molecule has 1 aliphatic heterocycles. The Kier molecular flexibility index (Phi) is 5.26. The van der Waals surface area contributed by atoms with Gasteiger partial charge in [0.1, 0.15) is 0 Å². The zero-order chi connectivity index (χ0) is 12.2. The highest BCUT2D eigenvalue weighted by Gasteiger charge is 2.36. The number of hydrogen-bond acceptors (Lipinski definition) is 2. The average molecular weight is 226 g/mol. The third kappa shape index (κ3) is 2.98. The van der Waals surface area contributed by atoms with E-state index in [4.69, 9.17) is 5.73 Å². The number of hydrogen-bond donors (Lipinski definition) is 1. The molecule has 0 amide bonds. The van der Waals surface area contributed by atoms with E-state index in [0.717, 1.165) is 0 Å². The molecule has 1 rings (SSSR count). The van der Waals surface area contributed by atoms with Crippen LogP contribution in [0.15, 0.2) is 0 Å². The Bertz CT molecular complexity index is 191. The van der Waals surface area contributed by atoms with Gasteiger partial charge in [-0.05, 0) is 45.7 Å². The van der Waals surface area contributed by atoms with Gasteiger partial charge >= 0.3 is 0 Å². The maximum atomic E-state index is 6.51. The lowest BCUT2D eigenvalue weighted by Gasteiger charge is -2.47. The predicted molar refractivity (Wildman–Crippen MR) is 71.6 cm³/mol. The minimum atomic E-state index is 0.164. The van der Waals surface area contributed by atoms with Gasteiger partial charge in [-0.15, -0.1) is 0 Å². The SMILES string of the molecule is CCC(CC)C(N)C(C)(C)N1CCCCC1. The molecule has 16 heavy (non-hydrogen) atoms. The molecule has 1 aliphatic rings. The van der Waals surface area contributed by atoms with Crippen molar-refractivity contribution in [1.82, 2.24) is 4.90 Å². The molecule has 1 heterocycles. The maximum absolute atomic E-state index is 6.51. The van der Waals surface area contributed by atoms with Crippen molar-refractivity contribution in [3.05, 3.63) is 0 Å². The molecular formula is C14H30N2. The van der Waals surface area contributed by atoms with Gasteiger partial charge in [-0.25, -0.2) is 0 Å². The third-order valence-electron chi connectivity index (χ3n) is 4.54. The van der Waals surface area contributed by atoms with Crippen molar-refractivity contribution in [3.8, 4) is 0 Å². The molecule has 2 heteroatoms. The van der Waals surface area contributed by atoms with E-state index in [0.29, 0.717) is 12.0 Å². The molecule has 0 aromatic heterocycles. The van der Waals surface area contributed by atoms with Gasteiger partial charge in [0, 0.05) is 11.6 Å². The molecule has 0 bridgehead atoms. The summed E-state index contributed by atoms with van der Waals surface area (Å²) in [5.74, 6) is 0.664. The summed E-state index contributed by atoms with van der Waals surface area (Å²) in [5.41, 5.74) is 6.67. The van der Waals surface area contributed by atoms with Crippen molar-refractivity contribution >= 4 is 0 Å². The number of rotatable bonds is 5. The van der Waals surface area contributed by atoms with E-state index in [1.165, 1.54) is 45.2 Å². The lowest BCUT2D eigenvalue weighted by Crippen LogP contribution is -2.59. The third-order valence-corrected chi connectivity index (χ3v) is 4.54. The molecule has 96 valence electrons. The number of likely N-dealkylation sites (tertiary alicyclic amines) is 1. The fourth-order valence-electron chi connectivity index (χ4n) is 3.05. The fraction of sp³-hybridized carbons (Fsp3) is 1.00. The van der Waals surface area contributed by atoms with E-state index in [1.54, 1.807) is 0 Å². The Balaban J connectivity index is 2.65. The summed E-state index contributed by atoms with van der Waals surface area (Å²) in [7, 11) is 0. The largest absolute Gasteiger partial charge is 0.326 e. The maximum Gasteiger partial charge on any atom is 0.0306 e. The van der Waals surface area contributed by atoms with Crippen LogP contribution < -0.4 is 5.73 Å². The van der Waals surface area contributed by atoms with Crippen molar-refractivity contribution in [2.75, 3.05) is 13.1 Å². The summed E-state index contributed by atoms with van der Waals surface area (Å²) in [4.78, 5) is 2.61. The van der Waals surface area contributed by atoms with Gasteiger partial charge < -0.3 is 5.73 Å². The molecule has 2 nitrogen and oxygen atoms in total. The lowest BCUT2D eigenvalue weighted by atomic mass is 9.80. The molecule has 1 atom stereocenters. The standard InChI is InChI=1S/C14H30N2/c1-5-12(6-2)13(15)14(3,4)16-10-8-7-9-11-16/h12-13H,5-11,15H2,1-4H3. The molecule has 1 fully saturated rings. The average Bonchev–Trinajstić information content (AvgIpc) is 2.31. The van der Waals surface area contributed by atoms with Crippen LogP contribution in [0.2, 0.25) is 0 Å². The van der Waals surface area contributed by atoms with E-state index in [1.807, 2.05) is 0 Å². The van der Waals surface area contributed by atoms with Gasteiger partial charge in [-0.1, -0.05) is 33.1 Å². The monoisotopic (exact) mass is 226 g/mol. The molecule has 0 spiro atoms. The predicted octanol–water partition coefficient (Wildman–Crippen LogP) is 3.01. The highest BCUT2D eigenvalue weighted by atomic mass is 15.2. The molecule has 0 saturated carbocycles. The normalized spacial score (nSPS) is 21.4. The van der Waals surface area contributed by atoms with Crippen LogP contribution in [0.3, 0.4) is 0 Å².